The van der Waals surface area contributed by atoms with E-state index in [0.717, 1.165) is 37.9 Å². The third-order valence-electron chi connectivity index (χ3n) is 4.73. The van der Waals surface area contributed by atoms with Gasteiger partial charge in [0, 0.05) is 24.2 Å². The van der Waals surface area contributed by atoms with Gasteiger partial charge in [0.1, 0.15) is 0 Å². The van der Waals surface area contributed by atoms with Gasteiger partial charge in [0.25, 0.3) is 5.91 Å². The summed E-state index contributed by atoms with van der Waals surface area (Å²) in [7, 11) is 0. The molecule has 3 nitrogen and oxygen atoms in total. The maximum atomic E-state index is 12.7. The van der Waals surface area contributed by atoms with Crippen molar-refractivity contribution in [1.29, 1.82) is 0 Å². The molecule has 1 amide bonds. The Morgan fingerprint density at radius 3 is 2.70 bits per heavy atom. The van der Waals surface area contributed by atoms with E-state index in [4.69, 9.17) is 0 Å². The highest BCUT2D eigenvalue weighted by molar-refractivity contribution is 5.94. The average Bonchev–Trinajstić information content (AvgIpc) is 3.16. The molecule has 1 N–H and O–H groups in total. The predicted octanol–water partition coefficient (Wildman–Crippen LogP) is 2.61. The zero-order chi connectivity index (χ0) is 13.9. The molecule has 3 heteroatoms. The van der Waals surface area contributed by atoms with Crippen LogP contribution in [0.15, 0.2) is 24.3 Å². The Kier molecular flexibility index (Phi) is 4.06. The van der Waals surface area contributed by atoms with Crippen molar-refractivity contribution in [3.63, 3.8) is 0 Å². The monoisotopic (exact) mass is 272 g/mol. The number of carbonyl (C=O) groups excluding carboxylic acids is 1. The van der Waals surface area contributed by atoms with E-state index < -0.39 is 0 Å². The van der Waals surface area contributed by atoms with Crippen molar-refractivity contribution in [3.05, 3.63) is 35.4 Å². The smallest absolute Gasteiger partial charge is 0.254 e. The molecule has 2 aliphatic rings. The summed E-state index contributed by atoms with van der Waals surface area (Å²) in [6, 6.07) is 9.03. The SMILES string of the molecule is CCc1ccc(C(=O)N2CCCC2C2CCCN2)cc1. The number of carbonyl (C=O) groups is 1. The molecule has 0 radical (unpaired) electrons. The first-order chi connectivity index (χ1) is 9.79. The van der Waals surface area contributed by atoms with Crippen LogP contribution in [-0.2, 0) is 6.42 Å². The zero-order valence-electron chi connectivity index (χ0n) is 12.3. The summed E-state index contributed by atoms with van der Waals surface area (Å²) in [5.74, 6) is 0.212. The van der Waals surface area contributed by atoms with Crippen molar-refractivity contribution in [2.24, 2.45) is 0 Å². The Balaban J connectivity index is 1.74. The van der Waals surface area contributed by atoms with Crippen molar-refractivity contribution in [2.45, 2.75) is 51.1 Å². The van der Waals surface area contributed by atoms with Gasteiger partial charge in [-0.2, -0.15) is 0 Å². The predicted molar refractivity (Wildman–Crippen MR) is 80.9 cm³/mol. The minimum atomic E-state index is 0.212. The van der Waals surface area contributed by atoms with Gasteiger partial charge in [0.15, 0.2) is 0 Å². The van der Waals surface area contributed by atoms with Crippen LogP contribution >= 0.6 is 0 Å². The highest BCUT2D eigenvalue weighted by atomic mass is 16.2. The third-order valence-corrected chi connectivity index (χ3v) is 4.73. The van der Waals surface area contributed by atoms with Crippen molar-refractivity contribution < 1.29 is 4.79 Å². The minimum Gasteiger partial charge on any atom is -0.334 e. The molecule has 0 aliphatic carbocycles. The van der Waals surface area contributed by atoms with Crippen LogP contribution in [0.4, 0.5) is 0 Å². The molecule has 3 rings (SSSR count). The van der Waals surface area contributed by atoms with Gasteiger partial charge in [0.2, 0.25) is 0 Å². The summed E-state index contributed by atoms with van der Waals surface area (Å²) in [5, 5.41) is 3.56. The molecule has 0 saturated carbocycles. The Hall–Kier alpha value is -1.35. The molecule has 1 aromatic carbocycles. The molecule has 2 aliphatic heterocycles. The third kappa shape index (κ3) is 2.59. The van der Waals surface area contributed by atoms with Crippen LogP contribution in [0.25, 0.3) is 0 Å². The molecule has 0 bridgehead atoms. The standard InChI is InChI=1S/C17H24N2O/c1-2-13-7-9-14(10-8-13)17(20)19-12-4-6-16(19)15-5-3-11-18-15/h7-10,15-16,18H,2-6,11-12H2,1H3. The molecule has 108 valence electrons. The number of rotatable bonds is 3. The van der Waals surface area contributed by atoms with E-state index in [1.807, 2.05) is 12.1 Å². The van der Waals surface area contributed by atoms with Crippen molar-refractivity contribution >= 4 is 5.91 Å². The second-order valence-electron chi connectivity index (χ2n) is 5.96. The second-order valence-corrected chi connectivity index (χ2v) is 5.96. The van der Waals surface area contributed by atoms with Gasteiger partial charge < -0.3 is 10.2 Å². The quantitative estimate of drug-likeness (QED) is 0.917. The van der Waals surface area contributed by atoms with E-state index in [-0.39, 0.29) is 5.91 Å². The van der Waals surface area contributed by atoms with Crippen LogP contribution < -0.4 is 5.32 Å². The van der Waals surface area contributed by atoms with Crippen LogP contribution in [0.1, 0.15) is 48.5 Å². The molecular formula is C17H24N2O. The van der Waals surface area contributed by atoms with Crippen LogP contribution in [-0.4, -0.2) is 36.0 Å². The molecule has 2 unspecified atom stereocenters. The van der Waals surface area contributed by atoms with E-state index in [1.54, 1.807) is 0 Å². The lowest BCUT2D eigenvalue weighted by Gasteiger charge is -2.29. The van der Waals surface area contributed by atoms with Gasteiger partial charge >= 0.3 is 0 Å². The topological polar surface area (TPSA) is 32.3 Å². The lowest BCUT2D eigenvalue weighted by atomic mass is 10.0. The molecule has 2 heterocycles. The first kappa shape index (κ1) is 13.6. The number of hydrogen-bond donors (Lipinski definition) is 1. The molecule has 0 aromatic heterocycles. The number of nitrogens with one attached hydrogen (secondary N) is 1. The summed E-state index contributed by atoms with van der Waals surface area (Å²) >= 11 is 0. The van der Waals surface area contributed by atoms with Gasteiger partial charge in [-0.15, -0.1) is 0 Å². The molecule has 2 saturated heterocycles. The van der Waals surface area contributed by atoms with Crippen LogP contribution in [0.5, 0.6) is 0 Å². The Morgan fingerprint density at radius 2 is 2.05 bits per heavy atom. The number of benzene rings is 1. The first-order valence-electron chi connectivity index (χ1n) is 7.93. The number of nitrogens with zero attached hydrogens (tertiary/aromatic N) is 1. The Morgan fingerprint density at radius 1 is 1.25 bits per heavy atom. The van der Waals surface area contributed by atoms with E-state index in [9.17, 15) is 4.79 Å². The lowest BCUT2D eigenvalue weighted by Crippen LogP contribution is -2.46. The second kappa shape index (κ2) is 5.96. The summed E-state index contributed by atoms with van der Waals surface area (Å²) < 4.78 is 0. The normalized spacial score (nSPS) is 26.1. The summed E-state index contributed by atoms with van der Waals surface area (Å²) in [6.45, 7) is 4.16. The van der Waals surface area contributed by atoms with Crippen LogP contribution in [0, 0.1) is 0 Å². The van der Waals surface area contributed by atoms with Crippen LogP contribution in [0.3, 0.4) is 0 Å². The van der Waals surface area contributed by atoms with Crippen molar-refractivity contribution in [3.8, 4) is 0 Å². The molecule has 1 aromatic rings. The van der Waals surface area contributed by atoms with E-state index in [2.05, 4.69) is 29.3 Å². The maximum Gasteiger partial charge on any atom is 0.254 e. The average molecular weight is 272 g/mol. The van der Waals surface area contributed by atoms with Crippen molar-refractivity contribution in [1.82, 2.24) is 10.2 Å². The van der Waals surface area contributed by atoms with Gasteiger partial charge in [-0.3, -0.25) is 4.79 Å². The van der Waals surface area contributed by atoms with E-state index in [1.165, 1.54) is 18.4 Å². The fraction of sp³-hybridized carbons (Fsp3) is 0.588. The number of likely N-dealkylation sites (tertiary alicyclic amines) is 1. The highest BCUT2D eigenvalue weighted by Crippen LogP contribution is 2.26. The maximum absolute atomic E-state index is 12.7. The van der Waals surface area contributed by atoms with Gasteiger partial charge in [-0.25, -0.2) is 0 Å². The molecule has 2 atom stereocenters. The molecule has 2 fully saturated rings. The fourth-order valence-electron chi connectivity index (χ4n) is 3.55. The molecule has 0 spiro atoms. The van der Waals surface area contributed by atoms with Crippen LogP contribution in [0.2, 0.25) is 0 Å². The summed E-state index contributed by atoms with van der Waals surface area (Å²) in [6.07, 6.45) is 5.77. The number of amides is 1. The lowest BCUT2D eigenvalue weighted by molar-refractivity contribution is 0.0711. The fourth-order valence-corrected chi connectivity index (χ4v) is 3.55. The molecular weight excluding hydrogens is 248 g/mol. The largest absolute Gasteiger partial charge is 0.334 e. The Labute approximate surface area is 121 Å². The van der Waals surface area contributed by atoms with Gasteiger partial charge in [0.05, 0.1) is 0 Å². The summed E-state index contributed by atoms with van der Waals surface area (Å²) in [4.78, 5) is 14.8. The first-order valence-corrected chi connectivity index (χ1v) is 7.93. The van der Waals surface area contributed by atoms with E-state index >= 15 is 0 Å². The van der Waals surface area contributed by atoms with E-state index in [0.29, 0.717) is 12.1 Å². The van der Waals surface area contributed by atoms with Gasteiger partial charge in [-0.1, -0.05) is 19.1 Å². The number of aryl methyl sites for hydroxylation is 1. The zero-order valence-corrected chi connectivity index (χ0v) is 12.3. The minimum absolute atomic E-state index is 0.212. The van der Waals surface area contributed by atoms with Gasteiger partial charge in [-0.05, 0) is 56.3 Å². The molecule has 20 heavy (non-hydrogen) atoms. The Bertz CT molecular complexity index is 462. The number of hydrogen-bond acceptors (Lipinski definition) is 2. The summed E-state index contributed by atoms with van der Waals surface area (Å²) in [5.41, 5.74) is 2.13. The highest BCUT2D eigenvalue weighted by Gasteiger charge is 2.36. The van der Waals surface area contributed by atoms with Crippen molar-refractivity contribution in [2.75, 3.05) is 13.1 Å².